The Morgan fingerprint density at radius 1 is 0.742 bits per heavy atom. The van der Waals surface area contributed by atoms with Gasteiger partial charge in [0.1, 0.15) is 17.2 Å². The van der Waals surface area contributed by atoms with E-state index in [1.807, 2.05) is 30.3 Å². The highest BCUT2D eigenvalue weighted by Gasteiger charge is 2.40. The third-order valence-corrected chi connectivity index (χ3v) is 6.69. The second-order valence-corrected chi connectivity index (χ2v) is 8.88. The van der Waals surface area contributed by atoms with Gasteiger partial charge in [-0.2, -0.15) is 0 Å². The SMILES string of the molecule is CC(Cc1ccc(O)cc1)c1cc([C@H]2O[C@@H](c3ccc(O)cc3)[C@@H](C)[C@H]2C)ccc1O. The highest BCUT2D eigenvalue weighted by molar-refractivity contribution is 5.41. The molecule has 0 bridgehead atoms. The molecule has 1 heterocycles. The van der Waals surface area contributed by atoms with Crippen molar-refractivity contribution in [3.8, 4) is 17.2 Å². The molecule has 0 aromatic heterocycles. The van der Waals surface area contributed by atoms with Gasteiger partial charge in [-0.1, -0.05) is 51.1 Å². The summed E-state index contributed by atoms with van der Waals surface area (Å²) < 4.78 is 6.51. The summed E-state index contributed by atoms with van der Waals surface area (Å²) in [6, 6.07) is 20.3. The maximum absolute atomic E-state index is 10.5. The lowest BCUT2D eigenvalue weighted by Crippen LogP contribution is -2.10. The Hall–Kier alpha value is -2.98. The van der Waals surface area contributed by atoms with Crippen molar-refractivity contribution in [1.29, 1.82) is 0 Å². The average molecular weight is 419 g/mol. The highest BCUT2D eigenvalue weighted by Crippen LogP contribution is 2.49. The Labute approximate surface area is 183 Å². The van der Waals surface area contributed by atoms with Crippen molar-refractivity contribution in [3.63, 3.8) is 0 Å². The quantitative estimate of drug-likeness (QED) is 0.459. The van der Waals surface area contributed by atoms with Crippen molar-refractivity contribution >= 4 is 0 Å². The second kappa shape index (κ2) is 8.64. The Morgan fingerprint density at radius 3 is 1.87 bits per heavy atom. The first-order valence-electron chi connectivity index (χ1n) is 10.9. The Bertz CT molecular complexity index is 1030. The third kappa shape index (κ3) is 4.40. The molecule has 1 aliphatic heterocycles. The van der Waals surface area contributed by atoms with E-state index in [1.54, 1.807) is 30.3 Å². The van der Waals surface area contributed by atoms with Gasteiger partial charge < -0.3 is 20.1 Å². The van der Waals surface area contributed by atoms with Gasteiger partial charge in [0.15, 0.2) is 0 Å². The molecule has 0 amide bonds. The molecular formula is C27H30O4. The molecule has 4 heteroatoms. The lowest BCUT2D eigenvalue weighted by Gasteiger charge is -2.20. The fourth-order valence-electron chi connectivity index (χ4n) is 4.63. The summed E-state index contributed by atoms with van der Waals surface area (Å²) in [7, 11) is 0. The molecule has 0 radical (unpaired) electrons. The van der Waals surface area contributed by atoms with Crippen LogP contribution in [0.15, 0.2) is 66.7 Å². The van der Waals surface area contributed by atoms with Crippen LogP contribution in [0.4, 0.5) is 0 Å². The number of ether oxygens (including phenoxy) is 1. The van der Waals surface area contributed by atoms with Gasteiger partial charge in [-0.3, -0.25) is 0 Å². The molecule has 1 fully saturated rings. The molecule has 4 nitrogen and oxygen atoms in total. The highest BCUT2D eigenvalue weighted by atomic mass is 16.5. The van der Waals surface area contributed by atoms with Crippen LogP contribution in [0.1, 0.15) is 61.2 Å². The minimum absolute atomic E-state index is 0.0349. The van der Waals surface area contributed by atoms with E-state index in [0.29, 0.717) is 17.6 Å². The van der Waals surface area contributed by atoms with E-state index >= 15 is 0 Å². The van der Waals surface area contributed by atoms with E-state index in [-0.39, 0.29) is 29.6 Å². The van der Waals surface area contributed by atoms with E-state index < -0.39 is 0 Å². The number of hydrogen-bond acceptors (Lipinski definition) is 4. The van der Waals surface area contributed by atoms with Crippen molar-refractivity contribution < 1.29 is 20.1 Å². The lowest BCUT2D eigenvalue weighted by molar-refractivity contribution is 0.0289. The van der Waals surface area contributed by atoms with E-state index in [4.69, 9.17) is 4.74 Å². The summed E-state index contributed by atoms with van der Waals surface area (Å²) in [6.07, 6.45) is 0.673. The molecule has 1 unspecified atom stereocenters. The summed E-state index contributed by atoms with van der Waals surface area (Å²) in [5.41, 5.74) is 4.16. The van der Waals surface area contributed by atoms with Gasteiger partial charge in [0.05, 0.1) is 12.2 Å². The van der Waals surface area contributed by atoms with Gasteiger partial charge in [-0.05, 0) is 82.8 Å². The zero-order valence-electron chi connectivity index (χ0n) is 18.2. The van der Waals surface area contributed by atoms with Gasteiger partial charge in [0.2, 0.25) is 0 Å². The van der Waals surface area contributed by atoms with E-state index in [0.717, 1.165) is 28.7 Å². The number of hydrogen-bond donors (Lipinski definition) is 3. The van der Waals surface area contributed by atoms with Crippen LogP contribution >= 0.6 is 0 Å². The Balaban J connectivity index is 1.57. The summed E-state index contributed by atoms with van der Waals surface area (Å²) in [4.78, 5) is 0. The van der Waals surface area contributed by atoms with Crippen molar-refractivity contribution in [2.24, 2.45) is 11.8 Å². The third-order valence-electron chi connectivity index (χ3n) is 6.69. The zero-order valence-corrected chi connectivity index (χ0v) is 18.2. The number of rotatable bonds is 5. The van der Waals surface area contributed by atoms with Crippen LogP contribution in [-0.2, 0) is 11.2 Å². The van der Waals surface area contributed by atoms with Crippen molar-refractivity contribution in [1.82, 2.24) is 0 Å². The second-order valence-electron chi connectivity index (χ2n) is 8.88. The van der Waals surface area contributed by atoms with Crippen LogP contribution < -0.4 is 0 Å². The van der Waals surface area contributed by atoms with Crippen LogP contribution in [0.2, 0.25) is 0 Å². The molecular weight excluding hydrogens is 388 g/mol. The van der Waals surface area contributed by atoms with Gasteiger partial charge >= 0.3 is 0 Å². The van der Waals surface area contributed by atoms with Crippen LogP contribution in [-0.4, -0.2) is 15.3 Å². The van der Waals surface area contributed by atoms with Crippen molar-refractivity contribution in [2.45, 2.75) is 45.3 Å². The minimum Gasteiger partial charge on any atom is -0.508 e. The summed E-state index contributed by atoms with van der Waals surface area (Å²) >= 11 is 0. The zero-order chi connectivity index (χ0) is 22.1. The first kappa shape index (κ1) is 21.3. The normalized spacial score (nSPS) is 24.2. The molecule has 0 saturated carbocycles. The first-order chi connectivity index (χ1) is 14.8. The Kier molecular flexibility index (Phi) is 5.92. The van der Waals surface area contributed by atoms with E-state index in [1.165, 1.54) is 0 Å². The van der Waals surface area contributed by atoms with Gasteiger partial charge in [-0.15, -0.1) is 0 Å². The van der Waals surface area contributed by atoms with Crippen LogP contribution in [0.5, 0.6) is 17.2 Å². The molecule has 0 aliphatic carbocycles. The summed E-state index contributed by atoms with van der Waals surface area (Å²) in [6.45, 7) is 6.52. The molecule has 3 aromatic rings. The van der Waals surface area contributed by atoms with Crippen LogP contribution in [0, 0.1) is 11.8 Å². The van der Waals surface area contributed by atoms with Crippen LogP contribution in [0.3, 0.4) is 0 Å². The predicted molar refractivity (Wildman–Crippen MR) is 121 cm³/mol. The van der Waals surface area contributed by atoms with E-state index in [9.17, 15) is 15.3 Å². The predicted octanol–water partition coefficient (Wildman–Crippen LogP) is 6.23. The average Bonchev–Trinajstić information content (AvgIpc) is 3.05. The fraction of sp³-hybridized carbons (Fsp3) is 0.333. The topological polar surface area (TPSA) is 69.9 Å². The molecule has 5 atom stereocenters. The fourth-order valence-corrected chi connectivity index (χ4v) is 4.63. The molecule has 31 heavy (non-hydrogen) atoms. The van der Waals surface area contributed by atoms with Gasteiger partial charge in [0.25, 0.3) is 0 Å². The number of phenols is 3. The van der Waals surface area contributed by atoms with Crippen molar-refractivity contribution in [3.05, 3.63) is 89.0 Å². The molecule has 1 aliphatic rings. The van der Waals surface area contributed by atoms with Crippen molar-refractivity contribution in [2.75, 3.05) is 0 Å². The molecule has 4 rings (SSSR count). The largest absolute Gasteiger partial charge is 0.508 e. The minimum atomic E-state index is -0.0611. The molecule has 0 spiro atoms. The summed E-state index contributed by atoms with van der Waals surface area (Å²) in [5, 5.41) is 29.6. The molecule has 3 N–H and O–H groups in total. The first-order valence-corrected chi connectivity index (χ1v) is 10.9. The van der Waals surface area contributed by atoms with Gasteiger partial charge in [-0.25, -0.2) is 0 Å². The standard InChI is InChI=1S/C27H30O4/c1-16(14-19-4-9-22(28)10-5-19)24-15-21(8-13-25(24)30)27-18(3)17(2)26(31-27)20-6-11-23(29)12-7-20/h4-13,15-18,26-30H,14H2,1-3H3/t16?,17-,18+,26+,27-/m0/s1. The summed E-state index contributed by atoms with van der Waals surface area (Å²) in [5.74, 6) is 1.55. The molecule has 1 saturated heterocycles. The number of aromatic hydroxyl groups is 3. The monoisotopic (exact) mass is 418 g/mol. The number of benzene rings is 3. The van der Waals surface area contributed by atoms with Crippen LogP contribution in [0.25, 0.3) is 0 Å². The molecule has 162 valence electrons. The lowest BCUT2D eigenvalue weighted by atomic mass is 9.84. The maximum Gasteiger partial charge on any atom is 0.119 e. The van der Waals surface area contributed by atoms with Gasteiger partial charge in [0, 0.05) is 0 Å². The van der Waals surface area contributed by atoms with E-state index in [2.05, 4.69) is 26.8 Å². The Morgan fingerprint density at radius 2 is 1.26 bits per heavy atom. The molecule has 3 aromatic carbocycles. The smallest absolute Gasteiger partial charge is 0.119 e. The maximum atomic E-state index is 10.5. The number of phenolic OH excluding ortho intramolecular Hbond substituents is 3.